The fraction of sp³-hybridized carbons (Fsp3) is 0.400. The number of nitrogens with zero attached hydrogens (tertiary/aromatic N) is 1. The second-order valence-electron chi connectivity index (χ2n) is 3.22. The van der Waals surface area contributed by atoms with Gasteiger partial charge in [-0.2, -0.15) is 0 Å². The minimum absolute atomic E-state index is 0.225. The van der Waals surface area contributed by atoms with Gasteiger partial charge in [-0.25, -0.2) is 13.8 Å². The first kappa shape index (κ1) is 12.4. The summed E-state index contributed by atoms with van der Waals surface area (Å²) in [6, 6.07) is 1.20. The molecule has 88 valence electrons. The van der Waals surface area contributed by atoms with Gasteiger partial charge in [-0.15, -0.1) is 0 Å². The Bertz CT molecular complexity index is 407. The van der Waals surface area contributed by atoms with Crippen molar-refractivity contribution in [1.29, 1.82) is 0 Å². The molecule has 0 aliphatic rings. The van der Waals surface area contributed by atoms with Crippen LogP contribution in [0.25, 0.3) is 0 Å². The Balaban J connectivity index is 3.20. The molecule has 0 atom stereocenters. The first-order valence-corrected chi connectivity index (χ1v) is 4.50. The van der Waals surface area contributed by atoms with Gasteiger partial charge in [-0.1, -0.05) is 0 Å². The third-order valence-electron chi connectivity index (χ3n) is 2.06. The van der Waals surface area contributed by atoms with Gasteiger partial charge in [-0.05, 0) is 18.6 Å². The molecule has 0 radical (unpaired) electrons. The molecule has 0 bridgehead atoms. The molecule has 0 saturated carbocycles. The molecule has 0 aliphatic carbocycles. The number of hydrogen-bond acceptors (Lipinski definition) is 3. The summed E-state index contributed by atoms with van der Waals surface area (Å²) in [5.74, 6) is -1.29. The Morgan fingerprint density at radius 1 is 1.62 bits per heavy atom. The van der Waals surface area contributed by atoms with Crippen LogP contribution in [0.4, 0.5) is 8.78 Å². The highest BCUT2D eigenvalue weighted by atomic mass is 19.3. The predicted molar refractivity (Wildman–Crippen MR) is 51.8 cm³/mol. The van der Waals surface area contributed by atoms with Gasteiger partial charge in [-0.3, -0.25) is 4.79 Å². The number of aromatic nitrogens is 1. The van der Waals surface area contributed by atoms with Crippen molar-refractivity contribution in [3.05, 3.63) is 22.9 Å². The predicted octanol–water partition coefficient (Wildman–Crippen LogP) is 1.96. The zero-order valence-corrected chi connectivity index (χ0v) is 8.83. The van der Waals surface area contributed by atoms with E-state index in [1.807, 2.05) is 0 Å². The SMILES string of the molecule is COc1nc(CC(=O)O)c(C)cc1C(F)F. The van der Waals surface area contributed by atoms with E-state index in [2.05, 4.69) is 4.98 Å². The summed E-state index contributed by atoms with van der Waals surface area (Å²) in [6.07, 6.45) is -3.01. The van der Waals surface area contributed by atoms with E-state index in [1.54, 1.807) is 0 Å². The normalized spacial score (nSPS) is 10.6. The van der Waals surface area contributed by atoms with E-state index in [9.17, 15) is 13.6 Å². The van der Waals surface area contributed by atoms with Gasteiger partial charge in [0.1, 0.15) is 0 Å². The third-order valence-corrected chi connectivity index (χ3v) is 2.06. The van der Waals surface area contributed by atoms with Gasteiger partial charge in [0.05, 0.1) is 24.8 Å². The number of aliphatic carboxylic acids is 1. The van der Waals surface area contributed by atoms with E-state index in [0.717, 1.165) is 0 Å². The van der Waals surface area contributed by atoms with Crippen LogP contribution < -0.4 is 4.74 Å². The second-order valence-corrected chi connectivity index (χ2v) is 3.22. The maximum Gasteiger partial charge on any atom is 0.309 e. The molecule has 16 heavy (non-hydrogen) atoms. The standard InChI is InChI=1S/C10H11F2NO3/c1-5-3-6(9(11)12)10(16-2)13-7(5)4-8(14)15/h3,9H,4H2,1-2H3,(H,14,15). The Morgan fingerprint density at radius 3 is 2.69 bits per heavy atom. The number of halogens is 2. The minimum Gasteiger partial charge on any atom is -0.481 e. The molecule has 0 saturated heterocycles. The average molecular weight is 231 g/mol. The second kappa shape index (κ2) is 4.87. The van der Waals surface area contributed by atoms with Gasteiger partial charge < -0.3 is 9.84 Å². The summed E-state index contributed by atoms with van der Waals surface area (Å²) >= 11 is 0. The molecular weight excluding hydrogens is 220 g/mol. The maximum absolute atomic E-state index is 12.6. The lowest BCUT2D eigenvalue weighted by atomic mass is 10.1. The molecule has 0 unspecified atom stereocenters. The van der Waals surface area contributed by atoms with Crippen LogP contribution in [0, 0.1) is 6.92 Å². The number of pyridine rings is 1. The Hall–Kier alpha value is -1.72. The lowest BCUT2D eigenvalue weighted by Crippen LogP contribution is -2.07. The lowest BCUT2D eigenvalue weighted by molar-refractivity contribution is -0.136. The summed E-state index contributed by atoms with van der Waals surface area (Å²) in [4.78, 5) is 14.3. The molecular formula is C10H11F2NO3. The number of carboxylic acid groups (broad SMARTS) is 1. The van der Waals surface area contributed by atoms with Crippen molar-refractivity contribution < 1.29 is 23.4 Å². The van der Waals surface area contributed by atoms with Crippen LogP contribution in [0.15, 0.2) is 6.07 Å². The molecule has 0 aliphatic heterocycles. The van der Waals surface area contributed by atoms with Crippen LogP contribution in [-0.2, 0) is 11.2 Å². The van der Waals surface area contributed by atoms with Gasteiger partial charge >= 0.3 is 5.97 Å². The zero-order valence-electron chi connectivity index (χ0n) is 8.83. The molecule has 0 aromatic carbocycles. The van der Waals surface area contributed by atoms with Crippen LogP contribution in [0.1, 0.15) is 23.2 Å². The number of alkyl halides is 2. The summed E-state index contributed by atoms with van der Waals surface area (Å²) < 4.78 is 29.8. The minimum atomic E-state index is -2.69. The highest BCUT2D eigenvalue weighted by molar-refractivity contribution is 5.70. The maximum atomic E-state index is 12.6. The van der Waals surface area contributed by atoms with Crippen molar-refractivity contribution in [1.82, 2.24) is 4.98 Å². The fourth-order valence-electron chi connectivity index (χ4n) is 1.30. The molecule has 0 fully saturated rings. The first-order chi connectivity index (χ1) is 7.45. The molecule has 1 N–H and O–H groups in total. The topological polar surface area (TPSA) is 59.4 Å². The molecule has 1 aromatic rings. The van der Waals surface area contributed by atoms with Crippen molar-refractivity contribution in [2.75, 3.05) is 7.11 Å². The van der Waals surface area contributed by atoms with Crippen LogP contribution >= 0.6 is 0 Å². The number of carbonyl (C=O) groups is 1. The van der Waals surface area contributed by atoms with E-state index in [4.69, 9.17) is 9.84 Å². The van der Waals surface area contributed by atoms with Crippen molar-refractivity contribution in [2.45, 2.75) is 19.8 Å². The van der Waals surface area contributed by atoms with Crippen molar-refractivity contribution >= 4 is 5.97 Å². The summed E-state index contributed by atoms with van der Waals surface area (Å²) in [5.41, 5.74) is 0.321. The number of aryl methyl sites for hydroxylation is 1. The van der Waals surface area contributed by atoms with Crippen molar-refractivity contribution in [2.24, 2.45) is 0 Å². The van der Waals surface area contributed by atoms with Gasteiger partial charge in [0.15, 0.2) is 0 Å². The Kier molecular flexibility index (Phi) is 3.76. The zero-order chi connectivity index (χ0) is 12.3. The third kappa shape index (κ3) is 2.65. The molecule has 0 spiro atoms. The van der Waals surface area contributed by atoms with E-state index >= 15 is 0 Å². The van der Waals surface area contributed by atoms with Crippen LogP contribution in [0.2, 0.25) is 0 Å². The molecule has 1 rings (SSSR count). The number of rotatable bonds is 4. The fourth-order valence-corrected chi connectivity index (χ4v) is 1.30. The first-order valence-electron chi connectivity index (χ1n) is 4.50. The Labute approximate surface area is 90.9 Å². The quantitative estimate of drug-likeness (QED) is 0.860. The largest absolute Gasteiger partial charge is 0.481 e. The van der Waals surface area contributed by atoms with E-state index in [-0.39, 0.29) is 23.6 Å². The smallest absolute Gasteiger partial charge is 0.309 e. The number of hydrogen-bond donors (Lipinski definition) is 1. The van der Waals surface area contributed by atoms with Crippen LogP contribution in [0.5, 0.6) is 5.88 Å². The van der Waals surface area contributed by atoms with E-state index in [0.29, 0.717) is 5.56 Å². The summed E-state index contributed by atoms with van der Waals surface area (Å²) in [5, 5.41) is 8.60. The highest BCUT2D eigenvalue weighted by Crippen LogP contribution is 2.29. The molecule has 4 nitrogen and oxygen atoms in total. The number of carboxylic acids is 1. The van der Waals surface area contributed by atoms with Crippen molar-refractivity contribution in [3.63, 3.8) is 0 Å². The van der Waals surface area contributed by atoms with Crippen LogP contribution in [-0.4, -0.2) is 23.2 Å². The summed E-state index contributed by atoms with van der Waals surface area (Å²) in [6.45, 7) is 1.54. The summed E-state index contributed by atoms with van der Waals surface area (Å²) in [7, 11) is 1.22. The molecule has 1 aromatic heterocycles. The van der Waals surface area contributed by atoms with Gasteiger partial charge in [0.2, 0.25) is 5.88 Å². The molecule has 6 heteroatoms. The van der Waals surface area contributed by atoms with E-state index < -0.39 is 12.4 Å². The van der Waals surface area contributed by atoms with Crippen LogP contribution in [0.3, 0.4) is 0 Å². The molecule has 0 amide bonds. The lowest BCUT2D eigenvalue weighted by Gasteiger charge is -2.10. The Morgan fingerprint density at radius 2 is 2.25 bits per heavy atom. The van der Waals surface area contributed by atoms with Gasteiger partial charge in [0, 0.05) is 0 Å². The average Bonchev–Trinajstić information content (AvgIpc) is 2.19. The van der Waals surface area contributed by atoms with Crippen molar-refractivity contribution in [3.8, 4) is 5.88 Å². The van der Waals surface area contributed by atoms with Gasteiger partial charge in [0.25, 0.3) is 6.43 Å². The number of ether oxygens (including phenoxy) is 1. The monoisotopic (exact) mass is 231 g/mol. The number of methoxy groups -OCH3 is 1. The molecule has 1 heterocycles. The van der Waals surface area contributed by atoms with E-state index in [1.165, 1.54) is 20.1 Å². The highest BCUT2D eigenvalue weighted by Gasteiger charge is 2.18.